The molecule has 84 valence electrons. The molecule has 0 bridgehead atoms. The van der Waals surface area contributed by atoms with Gasteiger partial charge in [0, 0.05) is 6.54 Å². The first-order chi connectivity index (χ1) is 7.20. The van der Waals surface area contributed by atoms with Crippen molar-refractivity contribution < 1.29 is 9.84 Å². The van der Waals surface area contributed by atoms with Gasteiger partial charge in [-0.05, 0) is 6.92 Å². The van der Waals surface area contributed by atoms with Gasteiger partial charge in [0.1, 0.15) is 0 Å². The summed E-state index contributed by atoms with van der Waals surface area (Å²) in [5, 5.41) is 15.6. The van der Waals surface area contributed by atoms with Crippen LogP contribution in [0.25, 0.3) is 0 Å². The first-order valence-corrected chi connectivity index (χ1v) is 4.87. The molecule has 1 saturated heterocycles. The number of nitrogen functional groups attached to an aromatic ring is 1. The Balaban J connectivity index is 2.12. The van der Waals surface area contributed by atoms with E-state index in [-0.39, 0.29) is 18.8 Å². The Kier molecular flexibility index (Phi) is 2.74. The van der Waals surface area contributed by atoms with Crippen LogP contribution in [0.2, 0.25) is 0 Å². The molecule has 2 unspecified atom stereocenters. The number of nitrogens with one attached hydrogen (secondary N) is 1. The van der Waals surface area contributed by atoms with Gasteiger partial charge in [0.15, 0.2) is 0 Å². The van der Waals surface area contributed by atoms with Gasteiger partial charge in [-0.25, -0.2) is 5.10 Å². The third-order valence-corrected chi connectivity index (χ3v) is 2.46. The number of rotatable bonds is 2. The predicted octanol–water partition coefficient (Wildman–Crippen LogP) is -1.03. The van der Waals surface area contributed by atoms with Crippen molar-refractivity contribution in [2.24, 2.45) is 0 Å². The second-order valence-corrected chi connectivity index (χ2v) is 3.66. The third-order valence-electron chi connectivity index (χ3n) is 2.46. The van der Waals surface area contributed by atoms with E-state index in [1.54, 1.807) is 0 Å². The summed E-state index contributed by atoms with van der Waals surface area (Å²) in [4.78, 5) is 6.02. The molecule has 4 N–H and O–H groups in total. The monoisotopic (exact) mass is 213 g/mol. The van der Waals surface area contributed by atoms with Crippen LogP contribution in [-0.2, 0) is 4.74 Å². The fourth-order valence-electron chi connectivity index (χ4n) is 1.60. The Morgan fingerprint density at radius 2 is 2.53 bits per heavy atom. The molecule has 7 heteroatoms. The van der Waals surface area contributed by atoms with E-state index >= 15 is 0 Å². The fourth-order valence-corrected chi connectivity index (χ4v) is 1.60. The Bertz CT molecular complexity index is 329. The molecule has 2 heterocycles. The number of hydrogen-bond donors (Lipinski definition) is 3. The minimum atomic E-state index is -0.180. The minimum Gasteiger partial charge on any atom is -0.394 e. The topological polar surface area (TPSA) is 100 Å². The number of aliphatic hydroxyl groups excluding tert-OH is 1. The van der Waals surface area contributed by atoms with E-state index in [0.29, 0.717) is 25.0 Å². The second kappa shape index (κ2) is 4.03. The van der Waals surface area contributed by atoms with Crippen molar-refractivity contribution in [2.75, 3.05) is 30.4 Å². The molecule has 0 spiro atoms. The normalized spacial score (nSPS) is 26.9. The van der Waals surface area contributed by atoms with E-state index in [1.165, 1.54) is 0 Å². The summed E-state index contributed by atoms with van der Waals surface area (Å²) >= 11 is 0. The molecule has 0 amide bonds. The first-order valence-electron chi connectivity index (χ1n) is 4.87. The van der Waals surface area contributed by atoms with Gasteiger partial charge in [-0.2, -0.15) is 4.98 Å². The molecule has 7 nitrogen and oxygen atoms in total. The van der Waals surface area contributed by atoms with Crippen LogP contribution in [0.3, 0.4) is 0 Å². The van der Waals surface area contributed by atoms with Crippen LogP contribution in [0.15, 0.2) is 0 Å². The van der Waals surface area contributed by atoms with E-state index in [0.717, 1.165) is 0 Å². The van der Waals surface area contributed by atoms with Crippen LogP contribution in [0.1, 0.15) is 6.92 Å². The molecule has 1 aromatic heterocycles. The van der Waals surface area contributed by atoms with Crippen molar-refractivity contribution in [2.45, 2.75) is 19.1 Å². The van der Waals surface area contributed by atoms with Gasteiger partial charge in [-0.15, -0.1) is 5.10 Å². The maximum absolute atomic E-state index is 9.02. The van der Waals surface area contributed by atoms with Crippen LogP contribution in [0, 0.1) is 0 Å². The van der Waals surface area contributed by atoms with Crippen LogP contribution in [-0.4, -0.2) is 52.2 Å². The van der Waals surface area contributed by atoms with Gasteiger partial charge < -0.3 is 20.5 Å². The zero-order valence-corrected chi connectivity index (χ0v) is 8.55. The van der Waals surface area contributed by atoms with Crippen LogP contribution in [0.5, 0.6) is 0 Å². The smallest absolute Gasteiger partial charge is 0.246 e. The third kappa shape index (κ3) is 2.02. The van der Waals surface area contributed by atoms with Crippen molar-refractivity contribution >= 4 is 11.9 Å². The number of ether oxygens (including phenoxy) is 1. The number of anilines is 2. The van der Waals surface area contributed by atoms with Crippen LogP contribution in [0.4, 0.5) is 11.9 Å². The molecule has 1 aromatic rings. The zero-order valence-electron chi connectivity index (χ0n) is 8.55. The number of nitrogens with zero attached hydrogens (tertiary/aromatic N) is 3. The van der Waals surface area contributed by atoms with Crippen molar-refractivity contribution in [3.8, 4) is 0 Å². The summed E-state index contributed by atoms with van der Waals surface area (Å²) in [5.74, 6) is 0.853. The summed E-state index contributed by atoms with van der Waals surface area (Å²) in [6, 6.07) is 0.183. The van der Waals surface area contributed by atoms with E-state index in [1.807, 2.05) is 11.8 Å². The molecule has 0 saturated carbocycles. The molecule has 2 rings (SSSR count). The summed E-state index contributed by atoms with van der Waals surface area (Å²) in [7, 11) is 0. The Hall–Kier alpha value is -1.34. The van der Waals surface area contributed by atoms with E-state index in [4.69, 9.17) is 15.6 Å². The van der Waals surface area contributed by atoms with Gasteiger partial charge in [-0.1, -0.05) is 0 Å². The molecular formula is C8H15N5O2. The van der Waals surface area contributed by atoms with Gasteiger partial charge in [0.25, 0.3) is 0 Å². The average molecular weight is 213 g/mol. The Morgan fingerprint density at radius 1 is 1.73 bits per heavy atom. The van der Waals surface area contributed by atoms with Gasteiger partial charge in [-0.3, -0.25) is 0 Å². The van der Waals surface area contributed by atoms with Crippen molar-refractivity contribution in [1.82, 2.24) is 15.2 Å². The quantitative estimate of drug-likeness (QED) is 0.581. The lowest BCUT2D eigenvalue weighted by Crippen LogP contribution is -2.50. The van der Waals surface area contributed by atoms with Gasteiger partial charge in [0.2, 0.25) is 11.9 Å². The van der Waals surface area contributed by atoms with E-state index < -0.39 is 0 Å². The number of aliphatic hydroxyl groups is 1. The standard InChI is InChI=1S/C8H15N5O2/c1-5-4-15-6(3-14)2-13(5)8-10-7(9)11-12-8/h5-6,14H,2-4H2,1H3,(H3,9,10,11,12). The molecular weight excluding hydrogens is 198 g/mol. The van der Waals surface area contributed by atoms with Crippen molar-refractivity contribution in [3.63, 3.8) is 0 Å². The molecule has 1 aliphatic heterocycles. The lowest BCUT2D eigenvalue weighted by molar-refractivity contribution is -0.0108. The van der Waals surface area contributed by atoms with Gasteiger partial charge in [0.05, 0.1) is 25.4 Å². The lowest BCUT2D eigenvalue weighted by atomic mass is 10.2. The summed E-state index contributed by atoms with van der Waals surface area (Å²) in [6.07, 6.45) is -0.180. The lowest BCUT2D eigenvalue weighted by Gasteiger charge is -2.36. The Morgan fingerprint density at radius 3 is 3.13 bits per heavy atom. The van der Waals surface area contributed by atoms with Crippen LogP contribution < -0.4 is 10.6 Å². The first kappa shape index (κ1) is 10.2. The molecule has 15 heavy (non-hydrogen) atoms. The molecule has 1 fully saturated rings. The maximum Gasteiger partial charge on any atom is 0.246 e. The highest BCUT2D eigenvalue weighted by Crippen LogP contribution is 2.17. The molecule has 2 atom stereocenters. The SMILES string of the molecule is CC1COC(CO)CN1c1n[nH]c(N)n1. The average Bonchev–Trinajstić information content (AvgIpc) is 2.65. The number of nitrogens with two attached hydrogens (primary N) is 1. The zero-order chi connectivity index (χ0) is 10.8. The fraction of sp³-hybridized carbons (Fsp3) is 0.750. The molecule has 0 radical (unpaired) electrons. The van der Waals surface area contributed by atoms with Crippen molar-refractivity contribution in [3.05, 3.63) is 0 Å². The molecule has 1 aliphatic rings. The van der Waals surface area contributed by atoms with E-state index in [2.05, 4.69) is 15.2 Å². The van der Waals surface area contributed by atoms with Gasteiger partial charge >= 0.3 is 0 Å². The van der Waals surface area contributed by atoms with E-state index in [9.17, 15) is 0 Å². The summed E-state index contributed by atoms with van der Waals surface area (Å²) < 4.78 is 5.41. The highest BCUT2D eigenvalue weighted by Gasteiger charge is 2.27. The molecule has 0 aliphatic carbocycles. The highest BCUT2D eigenvalue weighted by molar-refractivity contribution is 5.35. The van der Waals surface area contributed by atoms with Crippen molar-refractivity contribution in [1.29, 1.82) is 0 Å². The summed E-state index contributed by atoms with van der Waals surface area (Å²) in [5.41, 5.74) is 5.46. The number of aromatic amines is 1. The largest absolute Gasteiger partial charge is 0.394 e. The number of morpholine rings is 1. The predicted molar refractivity (Wildman–Crippen MR) is 54.4 cm³/mol. The molecule has 0 aromatic carbocycles. The second-order valence-electron chi connectivity index (χ2n) is 3.66. The Labute approximate surface area is 87.2 Å². The summed E-state index contributed by atoms with van der Waals surface area (Å²) in [6.45, 7) is 3.15. The number of hydrogen-bond acceptors (Lipinski definition) is 6. The number of aromatic nitrogens is 3. The minimum absolute atomic E-state index is 0.00310. The van der Waals surface area contributed by atoms with Crippen LogP contribution >= 0.6 is 0 Å². The maximum atomic E-state index is 9.02. The number of H-pyrrole nitrogens is 1. The highest BCUT2D eigenvalue weighted by atomic mass is 16.5.